The number of hydrogen-bond acceptors (Lipinski definition) is 4. The van der Waals surface area contributed by atoms with Gasteiger partial charge in [-0.05, 0) is 29.0 Å². The predicted molar refractivity (Wildman–Crippen MR) is 45.8 cm³/mol. The van der Waals surface area contributed by atoms with Crippen molar-refractivity contribution in [3.05, 3.63) is 27.1 Å². The molecular weight excluding hydrogens is 176 g/mol. The van der Waals surface area contributed by atoms with Crippen LogP contribution in [0.3, 0.4) is 0 Å². The Labute approximate surface area is 73.5 Å². The molecule has 12 heavy (non-hydrogen) atoms. The predicted octanol–water partition coefficient (Wildman–Crippen LogP) is 1.49. The normalized spacial score (nSPS) is 9.42. The fourth-order valence-electron chi connectivity index (χ4n) is 0.829. The largest absolute Gasteiger partial charge is 0.390 e. The van der Waals surface area contributed by atoms with Gasteiger partial charge in [-0.3, -0.25) is 0 Å². The van der Waals surface area contributed by atoms with Crippen molar-refractivity contribution >= 4 is 11.5 Å². The average molecular weight is 184 g/mol. The van der Waals surface area contributed by atoms with Gasteiger partial charge in [0.05, 0.1) is 12.3 Å². The van der Waals surface area contributed by atoms with E-state index in [1.165, 1.54) is 11.5 Å². The summed E-state index contributed by atoms with van der Waals surface area (Å²) in [5.41, 5.74) is 9.67. The molecule has 0 saturated heterocycles. The third-order valence-corrected chi connectivity index (χ3v) is 2.14. The molecule has 1 N–H and O–H groups in total. The molecule has 0 saturated carbocycles. The minimum atomic E-state index is -0.0465. The summed E-state index contributed by atoms with van der Waals surface area (Å²) in [4.78, 5) is 2.64. The van der Waals surface area contributed by atoms with E-state index in [-0.39, 0.29) is 6.61 Å². The number of azide groups is 1. The fourth-order valence-corrected chi connectivity index (χ4v) is 1.57. The Morgan fingerprint density at radius 1 is 1.75 bits per heavy atom. The van der Waals surface area contributed by atoms with E-state index in [0.717, 1.165) is 5.56 Å². The van der Waals surface area contributed by atoms with E-state index in [4.69, 9.17) is 10.6 Å². The summed E-state index contributed by atoms with van der Waals surface area (Å²) in [5, 5.41) is 14.1. The lowest BCUT2D eigenvalue weighted by molar-refractivity contribution is 0.277. The van der Waals surface area contributed by atoms with Gasteiger partial charge < -0.3 is 5.11 Å². The summed E-state index contributed by atoms with van der Waals surface area (Å²) in [6.45, 7) is 0.372. The SMILES string of the molecule is [N-]=[N+]=NCCc1csnc1CO. The minimum Gasteiger partial charge on any atom is -0.390 e. The molecule has 1 aromatic heterocycles. The molecule has 64 valence electrons. The van der Waals surface area contributed by atoms with Gasteiger partial charge in [0.15, 0.2) is 0 Å². The van der Waals surface area contributed by atoms with Gasteiger partial charge in [-0.25, -0.2) is 0 Å². The molecule has 0 aliphatic heterocycles. The Morgan fingerprint density at radius 3 is 3.25 bits per heavy atom. The van der Waals surface area contributed by atoms with E-state index < -0.39 is 0 Å². The molecule has 0 atom stereocenters. The Hall–Kier alpha value is -1.10. The van der Waals surface area contributed by atoms with Crippen LogP contribution in [0.5, 0.6) is 0 Å². The van der Waals surface area contributed by atoms with Crippen molar-refractivity contribution in [3.8, 4) is 0 Å². The molecule has 0 bridgehead atoms. The van der Waals surface area contributed by atoms with E-state index in [1.807, 2.05) is 5.38 Å². The Morgan fingerprint density at radius 2 is 2.58 bits per heavy atom. The van der Waals surface area contributed by atoms with Gasteiger partial charge in [0.2, 0.25) is 0 Å². The first-order valence-electron chi connectivity index (χ1n) is 3.42. The number of nitrogens with zero attached hydrogens (tertiary/aromatic N) is 4. The van der Waals surface area contributed by atoms with Crippen molar-refractivity contribution in [2.24, 2.45) is 5.11 Å². The lowest BCUT2D eigenvalue weighted by atomic mass is 10.2. The van der Waals surface area contributed by atoms with Crippen LogP contribution in [0.15, 0.2) is 10.5 Å². The zero-order chi connectivity index (χ0) is 8.81. The number of aromatic nitrogens is 1. The topological polar surface area (TPSA) is 81.9 Å². The van der Waals surface area contributed by atoms with Crippen LogP contribution >= 0.6 is 11.5 Å². The van der Waals surface area contributed by atoms with Crippen LogP contribution in [0.1, 0.15) is 11.3 Å². The van der Waals surface area contributed by atoms with Gasteiger partial charge >= 0.3 is 0 Å². The molecule has 1 heterocycles. The first-order chi connectivity index (χ1) is 5.88. The van der Waals surface area contributed by atoms with Crippen LogP contribution in [0, 0.1) is 0 Å². The van der Waals surface area contributed by atoms with Crippen molar-refractivity contribution in [1.29, 1.82) is 0 Å². The quantitative estimate of drug-likeness (QED) is 0.437. The summed E-state index contributed by atoms with van der Waals surface area (Å²) < 4.78 is 3.97. The second-order valence-electron chi connectivity index (χ2n) is 2.15. The molecule has 0 amide bonds. The van der Waals surface area contributed by atoms with Crippen LogP contribution < -0.4 is 0 Å². The van der Waals surface area contributed by atoms with Crippen LogP contribution in [0.25, 0.3) is 10.4 Å². The number of hydrogen-bond donors (Lipinski definition) is 1. The highest BCUT2D eigenvalue weighted by atomic mass is 32.1. The number of aliphatic hydroxyl groups is 1. The van der Waals surface area contributed by atoms with Gasteiger partial charge in [0.1, 0.15) is 0 Å². The summed E-state index contributed by atoms with van der Waals surface area (Å²) in [6.07, 6.45) is 0.649. The van der Waals surface area contributed by atoms with Crippen molar-refractivity contribution in [3.63, 3.8) is 0 Å². The Kier molecular flexibility index (Phi) is 3.53. The first-order valence-corrected chi connectivity index (χ1v) is 4.26. The van der Waals surface area contributed by atoms with E-state index in [9.17, 15) is 0 Å². The molecule has 5 nitrogen and oxygen atoms in total. The van der Waals surface area contributed by atoms with Gasteiger partial charge in [-0.15, -0.1) is 0 Å². The van der Waals surface area contributed by atoms with Crippen molar-refractivity contribution < 1.29 is 5.11 Å². The van der Waals surface area contributed by atoms with Gasteiger partial charge in [0.25, 0.3) is 0 Å². The van der Waals surface area contributed by atoms with Crippen LogP contribution in [-0.2, 0) is 13.0 Å². The molecule has 0 fully saturated rings. The molecule has 6 heteroatoms. The molecule has 0 unspecified atom stereocenters. The second-order valence-corrected chi connectivity index (χ2v) is 2.78. The van der Waals surface area contributed by atoms with E-state index in [0.29, 0.717) is 18.7 Å². The Balaban J connectivity index is 2.55. The summed E-state index contributed by atoms with van der Waals surface area (Å²) >= 11 is 1.30. The van der Waals surface area contributed by atoms with Crippen LogP contribution in [-0.4, -0.2) is 16.0 Å². The molecule has 1 rings (SSSR count). The van der Waals surface area contributed by atoms with Gasteiger partial charge in [-0.2, -0.15) is 4.37 Å². The third-order valence-electron chi connectivity index (χ3n) is 1.42. The number of rotatable bonds is 4. The molecule has 0 aromatic carbocycles. The zero-order valence-electron chi connectivity index (χ0n) is 6.34. The highest BCUT2D eigenvalue weighted by molar-refractivity contribution is 7.03. The lowest BCUT2D eigenvalue weighted by Gasteiger charge is -1.94. The molecule has 0 spiro atoms. The van der Waals surface area contributed by atoms with Crippen LogP contribution in [0.2, 0.25) is 0 Å². The lowest BCUT2D eigenvalue weighted by Crippen LogP contribution is -1.93. The summed E-state index contributed by atoms with van der Waals surface area (Å²) in [5.74, 6) is 0. The highest BCUT2D eigenvalue weighted by Crippen LogP contribution is 2.11. The van der Waals surface area contributed by atoms with Crippen LogP contribution in [0.4, 0.5) is 0 Å². The highest BCUT2D eigenvalue weighted by Gasteiger charge is 2.02. The average Bonchev–Trinajstić information content (AvgIpc) is 2.52. The van der Waals surface area contributed by atoms with E-state index in [2.05, 4.69) is 14.4 Å². The zero-order valence-corrected chi connectivity index (χ0v) is 7.16. The van der Waals surface area contributed by atoms with E-state index in [1.54, 1.807) is 0 Å². The maximum Gasteiger partial charge on any atom is 0.0866 e. The van der Waals surface area contributed by atoms with Crippen molar-refractivity contribution in [2.75, 3.05) is 6.54 Å². The standard InChI is InChI=1S/C6H8N4OS/c7-10-8-2-1-5-4-12-9-6(5)3-11/h4,11H,1-3H2. The maximum atomic E-state index is 8.80. The van der Waals surface area contributed by atoms with Gasteiger partial charge in [0, 0.05) is 16.8 Å². The van der Waals surface area contributed by atoms with Crippen molar-refractivity contribution in [1.82, 2.24) is 4.37 Å². The second kappa shape index (κ2) is 4.71. The molecule has 1 aromatic rings. The first kappa shape index (κ1) is 8.99. The van der Waals surface area contributed by atoms with Crippen molar-refractivity contribution in [2.45, 2.75) is 13.0 Å². The van der Waals surface area contributed by atoms with E-state index >= 15 is 0 Å². The van der Waals surface area contributed by atoms with Gasteiger partial charge in [-0.1, -0.05) is 5.11 Å². The smallest absolute Gasteiger partial charge is 0.0866 e. The Bertz CT molecular complexity index is 291. The molecule has 0 aliphatic rings. The maximum absolute atomic E-state index is 8.80. The molecule has 0 aliphatic carbocycles. The fraction of sp³-hybridized carbons (Fsp3) is 0.500. The monoisotopic (exact) mass is 184 g/mol. The molecule has 0 radical (unpaired) electrons. The molecular formula is C6H8N4OS. The minimum absolute atomic E-state index is 0.0465. The summed E-state index contributed by atoms with van der Waals surface area (Å²) in [7, 11) is 0. The third kappa shape index (κ3) is 2.20. The number of aliphatic hydroxyl groups excluding tert-OH is 1. The summed E-state index contributed by atoms with van der Waals surface area (Å²) in [6, 6.07) is 0.